The van der Waals surface area contributed by atoms with Gasteiger partial charge in [-0.05, 0) is 43.7 Å². The Labute approximate surface area is 118 Å². The third-order valence-corrected chi connectivity index (χ3v) is 4.74. The highest BCUT2D eigenvalue weighted by atomic mass is 19.2. The minimum absolute atomic E-state index is 0.220. The number of hydrogen-bond donors (Lipinski definition) is 0. The molecule has 0 amide bonds. The topological polar surface area (TPSA) is 27.0 Å². The molecular weight excluding hydrogens is 258 g/mol. The quantitative estimate of drug-likeness (QED) is 0.816. The van der Waals surface area contributed by atoms with Crippen LogP contribution in [0.15, 0.2) is 12.1 Å². The van der Waals surface area contributed by atoms with E-state index >= 15 is 0 Å². The largest absolute Gasteiger partial charge is 0.366 e. The predicted molar refractivity (Wildman–Crippen MR) is 73.4 cm³/mol. The molecule has 1 aliphatic carbocycles. The molecule has 2 nitrogen and oxygen atoms in total. The van der Waals surface area contributed by atoms with Crippen LogP contribution in [-0.2, 0) is 0 Å². The standard InChI is InChI=1S/C16H18F2N2/c17-15-12(10-19)7-8-14(16(15)18)20-9-3-6-13(20)11-4-1-2-5-11/h7-8,11,13H,1-6,9H2. The summed E-state index contributed by atoms with van der Waals surface area (Å²) in [6.07, 6.45) is 6.98. The molecule has 0 N–H and O–H groups in total. The van der Waals surface area contributed by atoms with Crippen LogP contribution in [0.5, 0.6) is 0 Å². The summed E-state index contributed by atoms with van der Waals surface area (Å²) in [6.45, 7) is 0.781. The maximum absolute atomic E-state index is 14.2. The Balaban J connectivity index is 1.92. The van der Waals surface area contributed by atoms with Crippen LogP contribution in [0.2, 0.25) is 0 Å². The zero-order valence-corrected chi connectivity index (χ0v) is 11.4. The molecule has 4 heteroatoms. The van der Waals surface area contributed by atoms with Crippen molar-refractivity contribution in [2.24, 2.45) is 5.92 Å². The highest BCUT2D eigenvalue weighted by Gasteiger charge is 2.35. The number of anilines is 1. The number of nitrogens with zero attached hydrogens (tertiary/aromatic N) is 2. The number of halogens is 2. The molecule has 1 heterocycles. The van der Waals surface area contributed by atoms with Gasteiger partial charge >= 0.3 is 0 Å². The van der Waals surface area contributed by atoms with Gasteiger partial charge in [-0.25, -0.2) is 8.78 Å². The molecule has 0 radical (unpaired) electrons. The van der Waals surface area contributed by atoms with Gasteiger partial charge in [-0.15, -0.1) is 0 Å². The first kappa shape index (κ1) is 13.4. The van der Waals surface area contributed by atoms with Crippen molar-refractivity contribution in [1.82, 2.24) is 0 Å². The fourth-order valence-electron chi connectivity index (χ4n) is 3.77. The van der Waals surface area contributed by atoms with Gasteiger partial charge in [0, 0.05) is 12.6 Å². The first-order valence-electron chi connectivity index (χ1n) is 7.37. The van der Waals surface area contributed by atoms with E-state index in [2.05, 4.69) is 0 Å². The van der Waals surface area contributed by atoms with E-state index in [-0.39, 0.29) is 5.56 Å². The number of hydrogen-bond acceptors (Lipinski definition) is 2. The molecule has 2 aliphatic rings. The van der Waals surface area contributed by atoms with Crippen LogP contribution in [0.25, 0.3) is 0 Å². The van der Waals surface area contributed by atoms with Crippen LogP contribution >= 0.6 is 0 Å². The minimum atomic E-state index is -1.01. The smallest absolute Gasteiger partial charge is 0.183 e. The van der Waals surface area contributed by atoms with E-state index in [1.807, 2.05) is 4.90 Å². The molecule has 0 spiro atoms. The van der Waals surface area contributed by atoms with Gasteiger partial charge < -0.3 is 4.90 Å². The Hall–Kier alpha value is -1.63. The lowest BCUT2D eigenvalue weighted by molar-refractivity contribution is 0.424. The molecule has 0 bridgehead atoms. The normalized spacial score (nSPS) is 23.2. The molecule has 1 aromatic carbocycles. The summed E-state index contributed by atoms with van der Waals surface area (Å²) in [5.74, 6) is -1.27. The van der Waals surface area contributed by atoms with Gasteiger partial charge in [0.1, 0.15) is 6.07 Å². The monoisotopic (exact) mass is 276 g/mol. The summed E-state index contributed by atoms with van der Waals surface area (Å²) < 4.78 is 28.0. The zero-order valence-electron chi connectivity index (χ0n) is 11.4. The Kier molecular flexibility index (Phi) is 3.60. The first-order chi connectivity index (χ1) is 9.72. The van der Waals surface area contributed by atoms with Crippen molar-refractivity contribution < 1.29 is 8.78 Å². The van der Waals surface area contributed by atoms with Gasteiger partial charge in [0.15, 0.2) is 11.6 Å². The van der Waals surface area contributed by atoms with Crippen molar-refractivity contribution in [1.29, 1.82) is 5.26 Å². The lowest BCUT2D eigenvalue weighted by atomic mass is 9.95. The van der Waals surface area contributed by atoms with Crippen LogP contribution in [0.1, 0.15) is 44.1 Å². The third kappa shape index (κ3) is 2.15. The average Bonchev–Trinajstić information content (AvgIpc) is 3.11. The molecule has 2 fully saturated rings. The van der Waals surface area contributed by atoms with Crippen molar-refractivity contribution in [3.8, 4) is 6.07 Å². The second kappa shape index (κ2) is 5.40. The molecule has 20 heavy (non-hydrogen) atoms. The Morgan fingerprint density at radius 1 is 1.05 bits per heavy atom. The molecule has 1 aliphatic heterocycles. The van der Waals surface area contributed by atoms with Gasteiger partial charge in [0.25, 0.3) is 0 Å². The lowest BCUT2D eigenvalue weighted by Gasteiger charge is -2.31. The predicted octanol–water partition coefficient (Wildman–Crippen LogP) is 4.00. The van der Waals surface area contributed by atoms with Gasteiger partial charge in [-0.3, -0.25) is 0 Å². The fraction of sp³-hybridized carbons (Fsp3) is 0.562. The van der Waals surface area contributed by atoms with Gasteiger partial charge in [0.05, 0.1) is 11.3 Å². The van der Waals surface area contributed by atoms with Gasteiger partial charge in [0.2, 0.25) is 0 Å². The Morgan fingerprint density at radius 3 is 2.50 bits per heavy atom. The number of benzene rings is 1. The van der Waals surface area contributed by atoms with Crippen LogP contribution in [0, 0.1) is 28.9 Å². The van der Waals surface area contributed by atoms with E-state index in [0.717, 1.165) is 19.4 Å². The molecule has 1 saturated carbocycles. The van der Waals surface area contributed by atoms with Crippen molar-refractivity contribution in [3.05, 3.63) is 29.3 Å². The molecule has 3 rings (SSSR count). The molecular formula is C16H18F2N2. The van der Waals surface area contributed by atoms with Gasteiger partial charge in [-0.2, -0.15) is 5.26 Å². The summed E-state index contributed by atoms with van der Waals surface area (Å²) in [5.41, 5.74) is 0.110. The molecule has 1 atom stereocenters. The number of rotatable bonds is 2. The van der Waals surface area contributed by atoms with Crippen molar-refractivity contribution in [3.63, 3.8) is 0 Å². The molecule has 1 saturated heterocycles. The molecule has 106 valence electrons. The second-order valence-corrected chi connectivity index (χ2v) is 5.82. The van der Waals surface area contributed by atoms with Crippen molar-refractivity contribution in [2.75, 3.05) is 11.4 Å². The summed E-state index contributed by atoms with van der Waals surface area (Å²) in [4.78, 5) is 2.02. The van der Waals surface area contributed by atoms with Crippen LogP contribution in [0.4, 0.5) is 14.5 Å². The molecule has 1 aromatic rings. The summed E-state index contributed by atoms with van der Waals surface area (Å²) in [6, 6.07) is 4.97. The summed E-state index contributed by atoms with van der Waals surface area (Å²) in [5, 5.41) is 8.75. The minimum Gasteiger partial charge on any atom is -0.366 e. The van der Waals surface area contributed by atoms with E-state index < -0.39 is 11.6 Å². The average molecular weight is 276 g/mol. The molecule has 1 unspecified atom stereocenters. The lowest BCUT2D eigenvalue weighted by Crippen LogP contribution is -2.35. The second-order valence-electron chi connectivity index (χ2n) is 5.82. The highest BCUT2D eigenvalue weighted by Crippen LogP contribution is 2.39. The maximum Gasteiger partial charge on any atom is 0.183 e. The Morgan fingerprint density at radius 2 is 1.80 bits per heavy atom. The van der Waals surface area contributed by atoms with Crippen molar-refractivity contribution in [2.45, 2.75) is 44.6 Å². The number of nitriles is 1. The van der Waals surface area contributed by atoms with E-state index in [4.69, 9.17) is 5.26 Å². The maximum atomic E-state index is 14.2. The van der Waals surface area contributed by atoms with E-state index in [9.17, 15) is 8.78 Å². The van der Waals surface area contributed by atoms with E-state index in [1.54, 1.807) is 12.1 Å². The third-order valence-electron chi connectivity index (χ3n) is 4.74. The summed E-state index contributed by atoms with van der Waals surface area (Å²) in [7, 11) is 0. The molecule has 0 aromatic heterocycles. The summed E-state index contributed by atoms with van der Waals surface area (Å²) >= 11 is 0. The Bertz CT molecular complexity index is 544. The van der Waals surface area contributed by atoms with Crippen molar-refractivity contribution >= 4 is 5.69 Å². The SMILES string of the molecule is N#Cc1ccc(N2CCCC2C2CCCC2)c(F)c1F. The van der Waals surface area contributed by atoms with E-state index in [0.29, 0.717) is 17.6 Å². The first-order valence-corrected chi connectivity index (χ1v) is 7.37. The van der Waals surface area contributed by atoms with Crippen LogP contribution in [-0.4, -0.2) is 12.6 Å². The highest BCUT2D eigenvalue weighted by molar-refractivity contribution is 5.53. The van der Waals surface area contributed by atoms with Crippen LogP contribution < -0.4 is 4.90 Å². The fourth-order valence-corrected chi connectivity index (χ4v) is 3.77. The zero-order chi connectivity index (χ0) is 14.1. The van der Waals surface area contributed by atoms with Gasteiger partial charge in [-0.1, -0.05) is 12.8 Å². The van der Waals surface area contributed by atoms with E-state index in [1.165, 1.54) is 31.7 Å². The van der Waals surface area contributed by atoms with Crippen LogP contribution in [0.3, 0.4) is 0 Å².